The van der Waals surface area contributed by atoms with Crippen LogP contribution in [-0.4, -0.2) is 0 Å². The summed E-state index contributed by atoms with van der Waals surface area (Å²) < 4.78 is 0. The van der Waals surface area contributed by atoms with E-state index in [1.54, 1.807) is 0 Å². The Morgan fingerprint density at radius 2 is 0.714 bits per heavy atom. The minimum atomic E-state index is -4.26. The van der Waals surface area contributed by atoms with Crippen LogP contribution in [0.3, 0.4) is 0 Å². The Balaban J connectivity index is 0. The zero-order chi connectivity index (χ0) is 5.45. The van der Waals surface area contributed by atoms with Crippen molar-refractivity contribution in [3.05, 3.63) is 0 Å². The van der Waals surface area contributed by atoms with Gasteiger partial charge in [-0.3, -0.25) is 0 Å². The third-order valence-electron chi connectivity index (χ3n) is 0. The van der Waals surface area contributed by atoms with Crippen LogP contribution in [0.15, 0.2) is 0 Å². The van der Waals surface area contributed by atoms with Crippen LogP contribution >= 0.6 is 47.1 Å². The molecule has 0 aromatic heterocycles. The Bertz CT molecular complexity index is 41.3. The van der Waals surface area contributed by atoms with Crippen LogP contribution < -0.4 is 0 Å². The third-order valence-corrected chi connectivity index (χ3v) is 0. The van der Waals surface area contributed by atoms with Crippen LogP contribution in [-0.2, 0) is 15.1 Å². The minimum Gasteiger partial charge on any atom is -0.457 e. The van der Waals surface area contributed by atoms with Crippen molar-refractivity contribution in [2.45, 2.75) is 0 Å². The van der Waals surface area contributed by atoms with E-state index in [0.717, 1.165) is 0 Å². The van der Waals surface area contributed by atoms with Gasteiger partial charge in [0.2, 0.25) is 0 Å². The minimum absolute atomic E-state index is 0. The molecule has 0 spiro atoms. The molecule has 0 aromatic rings. The second kappa shape index (κ2) is 2.79. The summed E-state index contributed by atoms with van der Waals surface area (Å²) in [6.07, 6.45) is 0. The van der Waals surface area contributed by atoms with Crippen molar-refractivity contribution >= 4 is 47.1 Å². The normalized spacial score (nSPS) is 16.4. The summed E-state index contributed by atoms with van der Waals surface area (Å²) in [4.78, 5) is 0. The first-order chi connectivity index (χ1) is 2.24. The molecular weight excluding hydrogens is 289 g/mol. The van der Waals surface area contributed by atoms with E-state index in [2.05, 4.69) is 0 Å². The molecule has 3 N–H and O–H groups in total. The van der Waals surface area contributed by atoms with Crippen molar-refractivity contribution in [2.24, 2.45) is 0 Å². The first-order valence-corrected chi connectivity index (χ1v) is 13.7. The average Bonchev–Trinajstić information content (AvgIpc) is 0.650. The van der Waals surface area contributed by atoms with Gasteiger partial charge in [0.15, 0.2) is 0 Å². The van der Waals surface area contributed by atoms with Gasteiger partial charge in [-0.05, 0) is 0 Å². The monoisotopic (exact) mass is 292 g/mol. The van der Waals surface area contributed by atoms with Gasteiger partial charge in [-0.2, -0.15) is 0 Å². The van der Waals surface area contributed by atoms with Gasteiger partial charge in [-0.1, -0.05) is 0 Å². The molecule has 0 saturated carbocycles. The van der Waals surface area contributed by atoms with Crippen LogP contribution in [0.25, 0.3) is 0 Å². The molecule has 0 radical (unpaired) electrons. The van der Waals surface area contributed by atoms with Gasteiger partial charge < -0.3 is 5.48 Å². The Morgan fingerprint density at radius 1 is 0.714 bits per heavy atom. The number of hydrogen-bond acceptors (Lipinski definition) is 0. The van der Waals surface area contributed by atoms with E-state index in [1.165, 1.54) is 0 Å². The number of hydrogen-bond donors (Lipinski definition) is 0. The topological polar surface area (TPSA) is 33.0 Å². The fraction of sp³-hybridized carbons (Fsp3) is 0. The van der Waals surface area contributed by atoms with Gasteiger partial charge in [0.25, 0.3) is 0 Å². The van der Waals surface area contributed by atoms with Crippen molar-refractivity contribution < 1.29 is 15.1 Å². The fourth-order valence-corrected chi connectivity index (χ4v) is 0. The zero-order valence-electron chi connectivity index (χ0n) is 2.88. The fourth-order valence-electron chi connectivity index (χ4n) is 0. The standard InChI is InChI=1S/5ClH.Mo.H2O/h5*1H;;1H2/q;;;;;+5;/p-4. The van der Waals surface area contributed by atoms with Crippen LogP contribution in [0, 0.1) is 0 Å². The molecule has 7 heavy (non-hydrogen) atoms. The molecule has 0 aliphatic heterocycles. The largest absolute Gasteiger partial charge is 0.457 e. The molecule has 0 fully saturated rings. The maximum Gasteiger partial charge on any atom is -0.457 e. The second-order valence-corrected chi connectivity index (χ2v) is 31.1. The summed E-state index contributed by atoms with van der Waals surface area (Å²) in [7, 11) is 20.9. The van der Waals surface area contributed by atoms with Gasteiger partial charge in [-0.25, -0.2) is 0 Å². The van der Waals surface area contributed by atoms with Crippen LogP contribution in [0.1, 0.15) is 0 Å². The molecule has 7 heteroatoms. The predicted molar refractivity (Wildman–Crippen MR) is 34.1 cm³/mol. The van der Waals surface area contributed by atoms with Crippen LogP contribution in [0.2, 0.25) is 0 Å². The summed E-state index contributed by atoms with van der Waals surface area (Å²) in [6, 6.07) is 0. The molecule has 0 aromatic carbocycles. The summed E-state index contributed by atoms with van der Waals surface area (Å²) >= 11 is 0. The van der Waals surface area contributed by atoms with E-state index in [0.29, 0.717) is 0 Å². The summed E-state index contributed by atoms with van der Waals surface area (Å²) in [5.41, 5.74) is 0. The molecule has 0 bridgehead atoms. The molecule has 0 rings (SSSR count). The molecule has 0 amide bonds. The summed E-state index contributed by atoms with van der Waals surface area (Å²) in [5.74, 6) is 0. The third kappa shape index (κ3) is 68.4. The average molecular weight is 292 g/mol. The van der Waals surface area contributed by atoms with E-state index >= 15 is 0 Å². The molecule has 0 aliphatic rings. The van der Waals surface area contributed by atoms with Gasteiger partial charge >= 0.3 is 56.7 Å². The molecule has 1 nitrogen and oxygen atoms in total. The Kier molecular flexibility index (Phi) is 4.72. The van der Waals surface area contributed by atoms with Gasteiger partial charge in [-0.15, -0.1) is 0 Å². The predicted octanol–water partition coefficient (Wildman–Crippen LogP) is 2.52. The molecule has 0 atom stereocenters. The SMILES string of the molecule is [Cl][Mo]([Cl])([Cl])([Cl])[Cl].[OH3+]. The Hall–Kier alpha value is 2.10. The van der Waals surface area contributed by atoms with Crippen LogP contribution in [0.5, 0.6) is 0 Å². The van der Waals surface area contributed by atoms with Gasteiger partial charge in [0.1, 0.15) is 0 Å². The molecule has 0 aliphatic carbocycles. The van der Waals surface area contributed by atoms with Crippen molar-refractivity contribution in [3.8, 4) is 0 Å². The first kappa shape index (κ1) is 11.8. The maximum atomic E-state index is 5.04. The molecule has 0 saturated heterocycles. The molecule has 0 heterocycles. The van der Waals surface area contributed by atoms with Crippen LogP contribution in [0.4, 0.5) is 0 Å². The van der Waals surface area contributed by atoms with Crippen molar-refractivity contribution in [1.29, 1.82) is 0 Å². The Morgan fingerprint density at radius 3 is 0.714 bits per heavy atom. The van der Waals surface area contributed by atoms with E-state index in [9.17, 15) is 0 Å². The zero-order valence-corrected chi connectivity index (χ0v) is 8.66. The number of rotatable bonds is 0. The first-order valence-electron chi connectivity index (χ1n) is 0.772. The number of halogens is 5. The van der Waals surface area contributed by atoms with Crippen molar-refractivity contribution in [2.75, 3.05) is 0 Å². The molecular formula is H3Cl5MoO+. The summed E-state index contributed by atoms with van der Waals surface area (Å²) in [5, 5.41) is 0. The molecule has 49 valence electrons. The Labute approximate surface area is 61.6 Å². The summed E-state index contributed by atoms with van der Waals surface area (Å²) in [6.45, 7) is 0. The maximum absolute atomic E-state index is 5.04. The molecule has 0 unspecified atom stereocenters. The van der Waals surface area contributed by atoms with E-state index in [-0.39, 0.29) is 5.48 Å². The van der Waals surface area contributed by atoms with E-state index in [1.807, 2.05) is 0 Å². The van der Waals surface area contributed by atoms with Gasteiger partial charge in [0.05, 0.1) is 0 Å². The van der Waals surface area contributed by atoms with Crippen molar-refractivity contribution in [1.82, 2.24) is 0 Å². The van der Waals surface area contributed by atoms with E-state index < -0.39 is 9.60 Å². The van der Waals surface area contributed by atoms with Gasteiger partial charge in [0, 0.05) is 0 Å². The van der Waals surface area contributed by atoms with Crippen molar-refractivity contribution in [3.63, 3.8) is 0 Å². The quantitative estimate of drug-likeness (QED) is 0.485. The second-order valence-electron chi connectivity index (χ2n) is 0.583. The smallest absolute Gasteiger partial charge is 0.457 e. The van der Waals surface area contributed by atoms with E-state index in [4.69, 9.17) is 47.1 Å².